The molecule has 2 rings (SSSR count). The van der Waals surface area contributed by atoms with Gasteiger partial charge in [0.1, 0.15) is 0 Å². The van der Waals surface area contributed by atoms with Crippen LogP contribution in [0.4, 0.5) is 18.9 Å². The molecule has 1 fully saturated rings. The van der Waals surface area contributed by atoms with Crippen LogP contribution in [0, 0.1) is 5.92 Å². The number of hydrogen-bond donors (Lipinski definition) is 2. The number of aryl methyl sites for hydroxylation is 1. The molecule has 3 nitrogen and oxygen atoms in total. The number of alkyl halides is 3. The lowest BCUT2D eigenvalue weighted by molar-refractivity contribution is -0.134. The normalized spacial score (nSPS) is 24.1. The number of nitrogens with one attached hydrogen (secondary N) is 1. The number of nitrogens with two attached hydrogens (primary N) is 1. The highest BCUT2D eigenvalue weighted by Gasteiger charge is 2.37. The minimum atomic E-state index is -4.18. The lowest BCUT2D eigenvalue weighted by atomic mass is 9.74. The molecule has 1 aromatic rings. The largest absolute Gasteiger partial charge is 0.389 e. The van der Waals surface area contributed by atoms with Crippen molar-refractivity contribution < 1.29 is 18.0 Å². The molecule has 0 bridgehead atoms. The van der Waals surface area contributed by atoms with Crippen LogP contribution < -0.4 is 11.1 Å². The van der Waals surface area contributed by atoms with Crippen LogP contribution >= 0.6 is 12.4 Å². The Kier molecular flexibility index (Phi) is 7.10. The Morgan fingerprint density at radius 2 is 2.08 bits per heavy atom. The van der Waals surface area contributed by atoms with Gasteiger partial charge in [0.15, 0.2) is 0 Å². The van der Waals surface area contributed by atoms with Crippen molar-refractivity contribution in [1.29, 1.82) is 0 Å². The summed E-state index contributed by atoms with van der Waals surface area (Å²) < 4.78 is 36.9. The molecular formula is C17H24ClF3N2O. The molecule has 0 spiro atoms. The Morgan fingerprint density at radius 3 is 2.71 bits per heavy atom. The maximum Gasteiger partial charge on any atom is 0.389 e. The Morgan fingerprint density at radius 1 is 1.38 bits per heavy atom. The summed E-state index contributed by atoms with van der Waals surface area (Å²) in [5.74, 6) is -0.419. The van der Waals surface area contributed by atoms with Gasteiger partial charge in [0.25, 0.3) is 0 Å². The van der Waals surface area contributed by atoms with Gasteiger partial charge in [-0.1, -0.05) is 25.0 Å². The SMILES string of the molecule is CC1(N)CCCCC1C(=O)Nc1cccc(CCC(F)(F)F)c1.Cl. The van der Waals surface area contributed by atoms with E-state index >= 15 is 0 Å². The van der Waals surface area contributed by atoms with Crippen molar-refractivity contribution in [2.75, 3.05) is 5.32 Å². The van der Waals surface area contributed by atoms with Gasteiger partial charge in [-0.05, 0) is 43.9 Å². The third kappa shape index (κ3) is 5.98. The molecule has 2 unspecified atom stereocenters. The van der Waals surface area contributed by atoms with Crippen LogP contribution in [0.3, 0.4) is 0 Å². The Balaban J connectivity index is 0.00000288. The highest BCUT2D eigenvalue weighted by Crippen LogP contribution is 2.32. The van der Waals surface area contributed by atoms with Gasteiger partial charge in [-0.25, -0.2) is 0 Å². The minimum Gasteiger partial charge on any atom is -0.326 e. The number of carbonyl (C=O) groups excluding carboxylic acids is 1. The first-order valence-electron chi connectivity index (χ1n) is 7.93. The number of amides is 1. The van der Waals surface area contributed by atoms with E-state index in [0.29, 0.717) is 11.3 Å². The van der Waals surface area contributed by atoms with Crippen molar-refractivity contribution >= 4 is 24.0 Å². The van der Waals surface area contributed by atoms with Gasteiger partial charge in [0, 0.05) is 17.6 Å². The molecule has 0 heterocycles. The van der Waals surface area contributed by atoms with Crippen molar-refractivity contribution in [3.63, 3.8) is 0 Å². The van der Waals surface area contributed by atoms with Crippen LogP contribution in [-0.4, -0.2) is 17.6 Å². The van der Waals surface area contributed by atoms with E-state index in [4.69, 9.17) is 5.73 Å². The molecule has 0 radical (unpaired) electrons. The predicted molar refractivity (Wildman–Crippen MR) is 91.2 cm³/mol. The highest BCUT2D eigenvalue weighted by atomic mass is 35.5. The van der Waals surface area contributed by atoms with E-state index in [-0.39, 0.29) is 30.7 Å². The lowest BCUT2D eigenvalue weighted by Gasteiger charge is -2.37. The zero-order valence-electron chi connectivity index (χ0n) is 13.7. The molecule has 0 saturated heterocycles. The molecule has 1 amide bonds. The second kappa shape index (κ2) is 8.21. The van der Waals surface area contributed by atoms with Crippen LogP contribution in [0.5, 0.6) is 0 Å². The predicted octanol–water partition coefficient (Wildman–Crippen LogP) is 4.45. The zero-order chi connectivity index (χ0) is 17.1. The summed E-state index contributed by atoms with van der Waals surface area (Å²) in [5.41, 5.74) is 6.76. The quantitative estimate of drug-likeness (QED) is 0.829. The maximum atomic E-state index is 12.4. The Hall–Kier alpha value is -1.27. The number of carbonyl (C=O) groups is 1. The maximum absolute atomic E-state index is 12.4. The van der Waals surface area contributed by atoms with Crippen molar-refractivity contribution in [3.05, 3.63) is 29.8 Å². The Labute approximate surface area is 146 Å². The minimum absolute atomic E-state index is 0. The molecule has 0 aliphatic heterocycles. The third-order valence-corrected chi connectivity index (χ3v) is 4.46. The van der Waals surface area contributed by atoms with Crippen molar-refractivity contribution in [3.8, 4) is 0 Å². The van der Waals surface area contributed by atoms with E-state index in [1.807, 2.05) is 6.92 Å². The average Bonchev–Trinajstić information content (AvgIpc) is 2.44. The molecule has 3 N–H and O–H groups in total. The van der Waals surface area contributed by atoms with E-state index in [1.165, 1.54) is 0 Å². The zero-order valence-corrected chi connectivity index (χ0v) is 14.5. The first kappa shape index (κ1) is 20.8. The van der Waals surface area contributed by atoms with Gasteiger partial charge < -0.3 is 11.1 Å². The fraction of sp³-hybridized carbons (Fsp3) is 0.588. The van der Waals surface area contributed by atoms with Gasteiger partial charge in [-0.2, -0.15) is 13.2 Å². The average molecular weight is 365 g/mol. The molecule has 24 heavy (non-hydrogen) atoms. The summed E-state index contributed by atoms with van der Waals surface area (Å²) in [4.78, 5) is 12.4. The molecule has 1 aliphatic carbocycles. The Bertz CT molecular complexity index is 561. The van der Waals surface area contributed by atoms with Crippen LogP contribution in [0.25, 0.3) is 0 Å². The van der Waals surface area contributed by atoms with E-state index < -0.39 is 18.1 Å². The van der Waals surface area contributed by atoms with Crippen molar-refractivity contribution in [1.82, 2.24) is 0 Å². The first-order valence-corrected chi connectivity index (χ1v) is 7.93. The number of benzene rings is 1. The molecule has 0 aromatic heterocycles. The number of rotatable bonds is 4. The van der Waals surface area contributed by atoms with E-state index in [0.717, 1.165) is 25.7 Å². The summed E-state index contributed by atoms with van der Waals surface area (Å²) in [6.07, 6.45) is -1.61. The molecule has 136 valence electrons. The van der Waals surface area contributed by atoms with Crippen LogP contribution in [0.2, 0.25) is 0 Å². The van der Waals surface area contributed by atoms with Crippen LogP contribution in [0.1, 0.15) is 44.6 Å². The number of anilines is 1. The second-order valence-electron chi connectivity index (χ2n) is 6.61. The van der Waals surface area contributed by atoms with Crippen LogP contribution in [0.15, 0.2) is 24.3 Å². The molecule has 1 aliphatic rings. The second-order valence-corrected chi connectivity index (χ2v) is 6.61. The molecule has 2 atom stereocenters. The monoisotopic (exact) mass is 364 g/mol. The van der Waals surface area contributed by atoms with Crippen molar-refractivity contribution in [2.24, 2.45) is 11.7 Å². The van der Waals surface area contributed by atoms with E-state index in [9.17, 15) is 18.0 Å². The topological polar surface area (TPSA) is 55.1 Å². The summed E-state index contributed by atoms with van der Waals surface area (Å²) in [6, 6.07) is 6.57. The lowest BCUT2D eigenvalue weighted by Crippen LogP contribution is -2.51. The first-order chi connectivity index (χ1) is 10.7. The fourth-order valence-electron chi connectivity index (χ4n) is 3.11. The van der Waals surface area contributed by atoms with E-state index in [1.54, 1.807) is 24.3 Å². The fourth-order valence-corrected chi connectivity index (χ4v) is 3.11. The summed E-state index contributed by atoms with van der Waals surface area (Å²) in [6.45, 7) is 1.89. The summed E-state index contributed by atoms with van der Waals surface area (Å²) >= 11 is 0. The number of halogens is 4. The molecule has 1 saturated carbocycles. The molecular weight excluding hydrogens is 341 g/mol. The molecule has 1 aromatic carbocycles. The van der Waals surface area contributed by atoms with Crippen LogP contribution in [-0.2, 0) is 11.2 Å². The van der Waals surface area contributed by atoms with Gasteiger partial charge >= 0.3 is 6.18 Å². The number of hydrogen-bond acceptors (Lipinski definition) is 2. The summed E-state index contributed by atoms with van der Waals surface area (Å²) in [5, 5.41) is 2.80. The van der Waals surface area contributed by atoms with Gasteiger partial charge in [0.05, 0.1) is 5.92 Å². The van der Waals surface area contributed by atoms with Gasteiger partial charge in [-0.15, -0.1) is 12.4 Å². The summed E-state index contributed by atoms with van der Waals surface area (Å²) in [7, 11) is 0. The van der Waals surface area contributed by atoms with Gasteiger partial charge in [-0.3, -0.25) is 4.79 Å². The highest BCUT2D eigenvalue weighted by molar-refractivity contribution is 5.93. The smallest absolute Gasteiger partial charge is 0.326 e. The van der Waals surface area contributed by atoms with Gasteiger partial charge in [0.2, 0.25) is 5.91 Å². The van der Waals surface area contributed by atoms with Crippen molar-refractivity contribution in [2.45, 2.75) is 57.2 Å². The van der Waals surface area contributed by atoms with E-state index in [2.05, 4.69) is 5.32 Å². The standard InChI is InChI=1S/C17H23F3N2O.ClH/c1-16(21)9-3-2-7-14(16)15(23)22-13-6-4-5-12(11-13)8-10-17(18,19)20;/h4-6,11,14H,2-3,7-10,21H2,1H3,(H,22,23);1H. The molecule has 7 heteroatoms. The third-order valence-electron chi connectivity index (χ3n) is 4.46.